The molecule has 0 amide bonds. The van der Waals surface area contributed by atoms with Gasteiger partial charge in [0.2, 0.25) is 0 Å². The second-order valence-electron chi connectivity index (χ2n) is 9.92. The van der Waals surface area contributed by atoms with E-state index >= 15 is 0 Å². The fraction of sp³-hybridized carbons (Fsp3) is 0. The number of hydrogen-bond acceptors (Lipinski definition) is 1. The Morgan fingerprint density at radius 1 is 0.462 bits per heavy atom. The first-order valence-corrected chi connectivity index (χ1v) is 14.7. The minimum Gasteiger partial charge on any atom is -0.309 e. The van der Waals surface area contributed by atoms with Gasteiger partial charge in [-0.3, -0.25) is 0 Å². The molecule has 0 saturated carbocycles. The van der Waals surface area contributed by atoms with Gasteiger partial charge in [-0.05, 0) is 76.9 Å². The first-order valence-electron chi connectivity index (χ1n) is 13.0. The van der Waals surface area contributed by atoms with E-state index in [9.17, 15) is 0 Å². The summed E-state index contributed by atoms with van der Waals surface area (Å²) in [5.41, 5.74) is 8.49. The Labute approximate surface area is 238 Å². The topological polar surface area (TPSA) is 4.93 Å². The van der Waals surface area contributed by atoms with Gasteiger partial charge < -0.3 is 4.57 Å². The summed E-state index contributed by atoms with van der Waals surface area (Å²) in [6.45, 7) is 0. The van der Waals surface area contributed by atoms with Crippen LogP contribution in [0.15, 0.2) is 138 Å². The molecule has 0 fully saturated rings. The highest BCUT2D eigenvalue weighted by Crippen LogP contribution is 2.39. The molecule has 8 rings (SSSR count). The lowest BCUT2D eigenvalue weighted by Gasteiger charge is -2.10. The van der Waals surface area contributed by atoms with Crippen molar-refractivity contribution in [3.8, 4) is 27.9 Å². The predicted octanol–water partition coefficient (Wildman–Crippen LogP) is 11.2. The van der Waals surface area contributed by atoms with Crippen molar-refractivity contribution < 1.29 is 0 Å². The summed E-state index contributed by atoms with van der Waals surface area (Å²) >= 11 is 5.58. The van der Waals surface area contributed by atoms with Gasteiger partial charge in [0.25, 0.3) is 0 Å². The summed E-state index contributed by atoms with van der Waals surface area (Å²) in [6.07, 6.45) is 0. The molecule has 184 valence electrons. The van der Waals surface area contributed by atoms with E-state index in [2.05, 4.69) is 154 Å². The van der Waals surface area contributed by atoms with Crippen LogP contribution in [0.5, 0.6) is 0 Å². The number of hydrogen-bond donors (Lipinski definition) is 0. The van der Waals surface area contributed by atoms with Crippen LogP contribution in [0, 0.1) is 0 Å². The highest BCUT2D eigenvalue weighted by atomic mass is 79.9. The second kappa shape index (κ2) is 8.94. The van der Waals surface area contributed by atoms with Gasteiger partial charge in [-0.15, -0.1) is 11.3 Å². The smallest absolute Gasteiger partial charge is 0.0541 e. The Bertz CT molecular complexity index is 2200. The van der Waals surface area contributed by atoms with Gasteiger partial charge in [0.1, 0.15) is 0 Å². The molecular formula is C36H22BrNS. The standard InChI is InChI=1S/C36H22BrNS/c37-32-13-4-1-10-27(32)25-9-7-8-23(20-25)24-16-18-34-30(21-24)28-11-2-5-14-33(28)38(34)26-17-19-36-31(22-26)29-12-3-6-15-35(29)39-36/h1-22H. The van der Waals surface area contributed by atoms with Crippen molar-refractivity contribution in [2.24, 2.45) is 0 Å². The van der Waals surface area contributed by atoms with Gasteiger partial charge in [0.05, 0.1) is 11.0 Å². The van der Waals surface area contributed by atoms with Crippen LogP contribution in [0.25, 0.3) is 69.9 Å². The fourth-order valence-corrected chi connectivity index (χ4v) is 7.45. The lowest BCUT2D eigenvalue weighted by molar-refractivity contribution is 1.19. The zero-order valence-electron chi connectivity index (χ0n) is 20.9. The van der Waals surface area contributed by atoms with E-state index in [0.717, 1.165) is 4.47 Å². The van der Waals surface area contributed by atoms with Crippen molar-refractivity contribution in [1.29, 1.82) is 0 Å². The zero-order valence-corrected chi connectivity index (χ0v) is 23.3. The minimum absolute atomic E-state index is 1.11. The molecule has 39 heavy (non-hydrogen) atoms. The molecule has 0 radical (unpaired) electrons. The van der Waals surface area contributed by atoms with E-state index in [1.165, 1.54) is 69.9 Å². The van der Waals surface area contributed by atoms with Gasteiger partial charge in [-0.2, -0.15) is 0 Å². The van der Waals surface area contributed by atoms with E-state index in [1.54, 1.807) is 0 Å². The number of nitrogens with zero attached hydrogens (tertiary/aromatic N) is 1. The van der Waals surface area contributed by atoms with Gasteiger partial charge in [-0.1, -0.05) is 94.8 Å². The summed E-state index contributed by atoms with van der Waals surface area (Å²) in [7, 11) is 0. The average Bonchev–Trinajstić information content (AvgIpc) is 3.52. The predicted molar refractivity (Wildman–Crippen MR) is 172 cm³/mol. The summed E-state index contributed by atoms with van der Waals surface area (Å²) in [6, 6.07) is 48.5. The number of aromatic nitrogens is 1. The van der Waals surface area contributed by atoms with Crippen molar-refractivity contribution >= 4 is 69.2 Å². The van der Waals surface area contributed by atoms with Gasteiger partial charge >= 0.3 is 0 Å². The fourth-order valence-electron chi connectivity index (χ4n) is 5.85. The molecule has 0 saturated heterocycles. The maximum absolute atomic E-state index is 3.72. The molecule has 0 bridgehead atoms. The summed E-state index contributed by atoms with van der Waals surface area (Å²) in [5, 5.41) is 5.18. The van der Waals surface area contributed by atoms with Crippen LogP contribution >= 0.6 is 27.3 Å². The molecule has 0 aliphatic carbocycles. The van der Waals surface area contributed by atoms with Crippen molar-refractivity contribution in [2.75, 3.05) is 0 Å². The van der Waals surface area contributed by atoms with Crippen molar-refractivity contribution in [3.05, 3.63) is 138 Å². The number of thiophene rings is 1. The summed E-state index contributed by atoms with van der Waals surface area (Å²) in [5.74, 6) is 0. The lowest BCUT2D eigenvalue weighted by Crippen LogP contribution is -1.93. The first-order chi connectivity index (χ1) is 19.2. The maximum Gasteiger partial charge on any atom is 0.0541 e. The van der Waals surface area contributed by atoms with E-state index in [0.29, 0.717) is 0 Å². The summed E-state index contributed by atoms with van der Waals surface area (Å²) in [4.78, 5) is 0. The van der Waals surface area contributed by atoms with E-state index in [-0.39, 0.29) is 0 Å². The zero-order chi connectivity index (χ0) is 25.9. The molecule has 0 N–H and O–H groups in total. The third kappa shape index (κ3) is 3.65. The molecule has 0 aliphatic rings. The van der Waals surface area contributed by atoms with Gasteiger partial charge in [-0.25, -0.2) is 0 Å². The normalized spacial score (nSPS) is 11.7. The third-order valence-electron chi connectivity index (χ3n) is 7.67. The largest absolute Gasteiger partial charge is 0.309 e. The molecule has 2 aromatic heterocycles. The SMILES string of the molecule is Brc1ccccc1-c1cccc(-c2ccc3c(c2)c2ccccc2n3-c2ccc3sc4ccccc4c3c2)c1. The molecular weight excluding hydrogens is 558 g/mol. The van der Waals surface area contributed by atoms with Crippen LogP contribution in [-0.2, 0) is 0 Å². The molecule has 0 unspecified atom stereocenters. The van der Waals surface area contributed by atoms with Gasteiger partial charge in [0.15, 0.2) is 0 Å². The van der Waals surface area contributed by atoms with Crippen LogP contribution in [0.1, 0.15) is 0 Å². The second-order valence-corrected chi connectivity index (χ2v) is 11.9. The summed E-state index contributed by atoms with van der Waals surface area (Å²) < 4.78 is 6.18. The Kier molecular flexibility index (Phi) is 5.22. The Hall–Kier alpha value is -4.18. The van der Waals surface area contributed by atoms with Crippen LogP contribution in [0.4, 0.5) is 0 Å². The minimum atomic E-state index is 1.11. The Morgan fingerprint density at radius 2 is 1.18 bits per heavy atom. The van der Waals surface area contributed by atoms with Crippen molar-refractivity contribution in [2.45, 2.75) is 0 Å². The Morgan fingerprint density at radius 3 is 2.10 bits per heavy atom. The number of rotatable bonds is 3. The quantitative estimate of drug-likeness (QED) is 0.196. The van der Waals surface area contributed by atoms with Crippen LogP contribution in [0.2, 0.25) is 0 Å². The third-order valence-corrected chi connectivity index (χ3v) is 9.52. The Balaban J connectivity index is 1.33. The number of fused-ring (bicyclic) bond motifs is 6. The molecule has 2 heterocycles. The molecule has 0 spiro atoms. The number of para-hydroxylation sites is 1. The molecule has 0 atom stereocenters. The average molecular weight is 581 g/mol. The monoisotopic (exact) mass is 579 g/mol. The van der Waals surface area contributed by atoms with Crippen LogP contribution in [-0.4, -0.2) is 4.57 Å². The van der Waals surface area contributed by atoms with Crippen molar-refractivity contribution in [1.82, 2.24) is 4.57 Å². The first kappa shape index (κ1) is 22.8. The molecule has 0 aliphatic heterocycles. The van der Waals surface area contributed by atoms with Crippen LogP contribution in [0.3, 0.4) is 0 Å². The number of halogens is 1. The maximum atomic E-state index is 3.72. The van der Waals surface area contributed by atoms with E-state index in [1.807, 2.05) is 11.3 Å². The highest BCUT2D eigenvalue weighted by molar-refractivity contribution is 9.10. The lowest BCUT2D eigenvalue weighted by atomic mass is 9.98. The van der Waals surface area contributed by atoms with Crippen molar-refractivity contribution in [3.63, 3.8) is 0 Å². The highest BCUT2D eigenvalue weighted by Gasteiger charge is 2.15. The molecule has 6 aromatic carbocycles. The molecule has 1 nitrogen and oxygen atoms in total. The van der Waals surface area contributed by atoms with E-state index < -0.39 is 0 Å². The molecule has 3 heteroatoms. The van der Waals surface area contributed by atoms with Crippen LogP contribution < -0.4 is 0 Å². The number of benzene rings is 6. The van der Waals surface area contributed by atoms with Gasteiger partial charge in [0, 0.05) is 41.1 Å². The molecule has 8 aromatic rings. The van der Waals surface area contributed by atoms with E-state index in [4.69, 9.17) is 0 Å².